The lowest BCUT2D eigenvalue weighted by Gasteiger charge is -2.33. The lowest BCUT2D eigenvalue weighted by Crippen LogP contribution is -2.47. The van der Waals surface area contributed by atoms with Crippen molar-refractivity contribution in [1.82, 2.24) is 15.3 Å². The number of carbonyl (C=O) groups is 1. The summed E-state index contributed by atoms with van der Waals surface area (Å²) in [4.78, 5) is 22.9. The molecule has 1 aromatic heterocycles. The molecule has 7 nitrogen and oxygen atoms in total. The normalized spacial score (nSPS) is 14.8. The van der Waals surface area contributed by atoms with Crippen molar-refractivity contribution in [3.63, 3.8) is 0 Å². The lowest BCUT2D eigenvalue weighted by molar-refractivity contribution is 0.101. The molecule has 3 rings (SSSR count). The van der Waals surface area contributed by atoms with Crippen LogP contribution in [0.25, 0.3) is 11.3 Å². The zero-order valence-electron chi connectivity index (χ0n) is 16.2. The summed E-state index contributed by atoms with van der Waals surface area (Å²) in [6.07, 6.45) is 1.12. The first-order valence-electron chi connectivity index (χ1n) is 9.47. The van der Waals surface area contributed by atoms with Crippen molar-refractivity contribution in [3.05, 3.63) is 42.2 Å². The maximum atomic E-state index is 13.4. The standard InChI is InChI=1S/C20H24F2N4O3/c1-28-10-11-29-20(27)26(14-6-8-23-9-7-14)18-13-24-12-17(25-18)15-4-2-3-5-16(15)19(21)22/h2-5,12-14,19,23H,6-11H2,1H3. The number of hydrogen-bond donors (Lipinski definition) is 1. The average Bonchev–Trinajstić information content (AvgIpc) is 2.75. The Kier molecular flexibility index (Phi) is 7.42. The molecule has 2 aromatic rings. The number of hydrogen-bond acceptors (Lipinski definition) is 6. The van der Waals surface area contributed by atoms with Crippen LogP contribution in [0.2, 0.25) is 0 Å². The molecule has 1 aliphatic heterocycles. The van der Waals surface area contributed by atoms with Crippen LogP contribution in [0.5, 0.6) is 0 Å². The third kappa shape index (κ3) is 5.24. The number of halogens is 2. The predicted molar refractivity (Wildman–Crippen MR) is 104 cm³/mol. The second kappa shape index (κ2) is 10.2. The Morgan fingerprint density at radius 3 is 2.72 bits per heavy atom. The number of amides is 1. The molecule has 1 N–H and O–H groups in total. The number of benzene rings is 1. The molecule has 0 atom stereocenters. The molecule has 9 heteroatoms. The molecule has 0 bridgehead atoms. The van der Waals surface area contributed by atoms with Crippen molar-refractivity contribution < 1.29 is 23.0 Å². The Bertz CT molecular complexity index is 816. The van der Waals surface area contributed by atoms with Gasteiger partial charge in [-0.1, -0.05) is 24.3 Å². The van der Waals surface area contributed by atoms with Crippen LogP contribution in [-0.2, 0) is 9.47 Å². The van der Waals surface area contributed by atoms with E-state index in [-0.39, 0.29) is 41.9 Å². The molecule has 0 unspecified atom stereocenters. The Morgan fingerprint density at radius 1 is 1.24 bits per heavy atom. The number of ether oxygens (including phenoxy) is 2. The second-order valence-electron chi connectivity index (χ2n) is 6.61. The van der Waals surface area contributed by atoms with Gasteiger partial charge in [-0.2, -0.15) is 0 Å². The number of piperidine rings is 1. The Morgan fingerprint density at radius 2 is 2.00 bits per heavy atom. The van der Waals surface area contributed by atoms with Gasteiger partial charge in [0.15, 0.2) is 5.82 Å². The van der Waals surface area contributed by atoms with Gasteiger partial charge < -0.3 is 14.8 Å². The summed E-state index contributed by atoms with van der Waals surface area (Å²) in [6.45, 7) is 1.90. The maximum absolute atomic E-state index is 13.4. The monoisotopic (exact) mass is 406 g/mol. The number of alkyl halides is 2. The van der Waals surface area contributed by atoms with E-state index in [1.807, 2.05) is 0 Å². The number of carbonyl (C=O) groups excluding carboxylic acids is 1. The molecule has 1 aromatic carbocycles. The van der Waals surface area contributed by atoms with E-state index in [1.165, 1.54) is 30.5 Å². The van der Waals surface area contributed by atoms with Crippen molar-refractivity contribution >= 4 is 11.9 Å². The molecule has 2 heterocycles. The van der Waals surface area contributed by atoms with Crippen molar-refractivity contribution in [1.29, 1.82) is 0 Å². The minimum Gasteiger partial charge on any atom is -0.447 e. The van der Waals surface area contributed by atoms with Crippen molar-refractivity contribution in [3.8, 4) is 11.3 Å². The highest BCUT2D eigenvalue weighted by atomic mass is 19.3. The summed E-state index contributed by atoms with van der Waals surface area (Å²) in [6, 6.07) is 6.02. The molecular weight excluding hydrogens is 382 g/mol. The zero-order valence-corrected chi connectivity index (χ0v) is 16.2. The minimum atomic E-state index is -2.64. The fourth-order valence-corrected chi connectivity index (χ4v) is 3.30. The highest BCUT2D eigenvalue weighted by Gasteiger charge is 2.30. The summed E-state index contributed by atoms with van der Waals surface area (Å²) in [5.41, 5.74) is 0.437. The van der Waals surface area contributed by atoms with E-state index in [0.29, 0.717) is 0 Å². The zero-order chi connectivity index (χ0) is 20.6. The highest BCUT2D eigenvalue weighted by molar-refractivity contribution is 5.87. The smallest absolute Gasteiger partial charge is 0.415 e. The van der Waals surface area contributed by atoms with Crippen LogP contribution >= 0.6 is 0 Å². The van der Waals surface area contributed by atoms with Gasteiger partial charge in [0.05, 0.1) is 24.7 Å². The molecule has 29 heavy (non-hydrogen) atoms. The lowest BCUT2D eigenvalue weighted by atomic mass is 10.0. The Hall–Kier alpha value is -2.65. The molecule has 0 aliphatic carbocycles. The number of nitrogens with zero attached hydrogens (tertiary/aromatic N) is 3. The van der Waals surface area contributed by atoms with Gasteiger partial charge in [-0.15, -0.1) is 0 Å². The molecule has 0 spiro atoms. The van der Waals surface area contributed by atoms with Crippen LogP contribution in [-0.4, -0.2) is 55.5 Å². The van der Waals surface area contributed by atoms with Crippen LogP contribution in [0.15, 0.2) is 36.7 Å². The van der Waals surface area contributed by atoms with Gasteiger partial charge in [-0.3, -0.25) is 9.88 Å². The van der Waals surface area contributed by atoms with E-state index in [0.717, 1.165) is 25.9 Å². The van der Waals surface area contributed by atoms with Crippen LogP contribution < -0.4 is 10.2 Å². The van der Waals surface area contributed by atoms with Gasteiger partial charge in [0.2, 0.25) is 0 Å². The first-order valence-corrected chi connectivity index (χ1v) is 9.47. The van der Waals surface area contributed by atoms with Gasteiger partial charge in [0, 0.05) is 24.3 Å². The fourth-order valence-electron chi connectivity index (χ4n) is 3.30. The van der Waals surface area contributed by atoms with E-state index in [9.17, 15) is 13.6 Å². The summed E-state index contributed by atoms with van der Waals surface area (Å²) in [7, 11) is 1.52. The van der Waals surface area contributed by atoms with E-state index in [4.69, 9.17) is 9.47 Å². The first-order chi connectivity index (χ1) is 14.1. The maximum Gasteiger partial charge on any atom is 0.415 e. The predicted octanol–water partition coefficient (Wildman–Crippen LogP) is 3.42. The topological polar surface area (TPSA) is 76.6 Å². The Balaban J connectivity index is 1.94. The molecule has 1 fully saturated rings. The number of nitrogens with one attached hydrogen (secondary N) is 1. The third-order valence-corrected chi connectivity index (χ3v) is 4.72. The van der Waals surface area contributed by atoms with E-state index in [2.05, 4.69) is 15.3 Å². The summed E-state index contributed by atoms with van der Waals surface area (Å²) in [5, 5.41) is 3.25. The van der Waals surface area contributed by atoms with Crippen LogP contribution in [0, 0.1) is 0 Å². The van der Waals surface area contributed by atoms with Crippen LogP contribution in [0.1, 0.15) is 24.8 Å². The molecular formula is C20H24F2N4O3. The van der Waals surface area contributed by atoms with Gasteiger partial charge in [0.25, 0.3) is 6.43 Å². The number of anilines is 1. The largest absolute Gasteiger partial charge is 0.447 e. The van der Waals surface area contributed by atoms with Gasteiger partial charge >= 0.3 is 6.09 Å². The van der Waals surface area contributed by atoms with Gasteiger partial charge in [0.1, 0.15) is 6.61 Å². The Labute approximate surface area is 168 Å². The number of aromatic nitrogens is 2. The summed E-state index contributed by atoms with van der Waals surface area (Å²) < 4.78 is 37.1. The number of rotatable bonds is 7. The van der Waals surface area contributed by atoms with Gasteiger partial charge in [-0.05, 0) is 25.9 Å². The fraction of sp³-hybridized carbons (Fsp3) is 0.450. The van der Waals surface area contributed by atoms with Crippen molar-refractivity contribution in [2.45, 2.75) is 25.3 Å². The van der Waals surface area contributed by atoms with Crippen LogP contribution in [0.3, 0.4) is 0 Å². The van der Waals surface area contributed by atoms with Gasteiger partial charge in [-0.25, -0.2) is 18.6 Å². The first kappa shape index (κ1) is 21.1. The van der Waals surface area contributed by atoms with E-state index in [1.54, 1.807) is 18.2 Å². The van der Waals surface area contributed by atoms with E-state index >= 15 is 0 Å². The summed E-state index contributed by atoms with van der Waals surface area (Å²) >= 11 is 0. The highest BCUT2D eigenvalue weighted by Crippen LogP contribution is 2.31. The molecule has 0 radical (unpaired) electrons. The average molecular weight is 406 g/mol. The minimum absolute atomic E-state index is 0.109. The third-order valence-electron chi connectivity index (χ3n) is 4.72. The van der Waals surface area contributed by atoms with Crippen molar-refractivity contribution in [2.75, 3.05) is 38.3 Å². The second-order valence-corrected chi connectivity index (χ2v) is 6.61. The quantitative estimate of drug-likeness (QED) is 0.710. The molecule has 1 saturated heterocycles. The number of methoxy groups -OCH3 is 1. The van der Waals surface area contributed by atoms with E-state index < -0.39 is 12.5 Å². The van der Waals surface area contributed by atoms with Crippen molar-refractivity contribution in [2.24, 2.45) is 0 Å². The molecule has 156 valence electrons. The van der Waals surface area contributed by atoms with Crippen LogP contribution in [0.4, 0.5) is 19.4 Å². The molecule has 0 saturated carbocycles. The molecule has 1 aliphatic rings. The summed E-state index contributed by atoms with van der Waals surface area (Å²) in [5.74, 6) is 0.279. The molecule has 1 amide bonds. The SMILES string of the molecule is COCCOC(=O)N(c1cncc(-c2ccccc2C(F)F)n1)C1CCNCC1.